The van der Waals surface area contributed by atoms with Crippen molar-refractivity contribution in [2.75, 3.05) is 13.2 Å². The van der Waals surface area contributed by atoms with E-state index in [0.29, 0.717) is 5.92 Å². The van der Waals surface area contributed by atoms with Gasteiger partial charge in [-0.1, -0.05) is 65.7 Å². The van der Waals surface area contributed by atoms with Crippen LogP contribution in [0.3, 0.4) is 0 Å². The summed E-state index contributed by atoms with van der Waals surface area (Å²) in [7, 11) is 0. The van der Waals surface area contributed by atoms with Gasteiger partial charge >= 0.3 is 0 Å². The number of rotatable bonds is 12. The van der Waals surface area contributed by atoms with E-state index in [1.165, 1.54) is 89.0 Å². The highest BCUT2D eigenvalue weighted by Gasteiger charge is 2.26. The molecule has 0 bridgehead atoms. The molecular weight excluding hydrogens is 380 g/mol. The number of unbranched alkanes of at least 4 members (excludes halogenated alkanes) is 3. The van der Waals surface area contributed by atoms with Gasteiger partial charge in [0, 0.05) is 5.56 Å². The van der Waals surface area contributed by atoms with Gasteiger partial charge in [0.05, 0.1) is 13.2 Å². The van der Waals surface area contributed by atoms with E-state index in [0.717, 1.165) is 48.9 Å². The molecule has 0 aliphatic heterocycles. The largest absolute Gasteiger partial charge is 0.494 e. The van der Waals surface area contributed by atoms with Gasteiger partial charge in [0.25, 0.3) is 0 Å². The first kappa shape index (κ1) is 24.5. The van der Waals surface area contributed by atoms with Crippen LogP contribution in [0.25, 0.3) is 0 Å². The van der Waals surface area contributed by atoms with Gasteiger partial charge in [0.15, 0.2) is 0 Å². The third-order valence-electron chi connectivity index (χ3n) is 7.82. The number of hydrogen-bond acceptors (Lipinski definition) is 2. The Kier molecular flexibility index (Phi) is 10.6. The molecule has 1 aromatic carbocycles. The molecule has 2 aliphatic carbocycles. The van der Waals surface area contributed by atoms with E-state index in [1.807, 2.05) is 0 Å². The summed E-state index contributed by atoms with van der Waals surface area (Å²) in [5.74, 6) is 5.38. The fourth-order valence-electron chi connectivity index (χ4n) is 5.61. The van der Waals surface area contributed by atoms with E-state index in [-0.39, 0.29) is 0 Å². The smallest absolute Gasteiger partial charge is 0.123 e. The van der Waals surface area contributed by atoms with Crippen LogP contribution in [0.5, 0.6) is 11.5 Å². The van der Waals surface area contributed by atoms with Gasteiger partial charge in [-0.3, -0.25) is 0 Å². The molecule has 2 aliphatic rings. The van der Waals surface area contributed by atoms with Crippen LogP contribution in [0.15, 0.2) is 18.2 Å². The van der Waals surface area contributed by atoms with E-state index in [1.54, 1.807) is 0 Å². The lowest BCUT2D eigenvalue weighted by Gasteiger charge is -2.31. The van der Waals surface area contributed by atoms with E-state index in [4.69, 9.17) is 9.47 Å². The molecule has 2 nitrogen and oxygen atoms in total. The second-order valence-corrected chi connectivity index (χ2v) is 10.6. The Morgan fingerprint density at radius 3 is 2.23 bits per heavy atom. The Bertz CT molecular complexity index is 609. The summed E-state index contributed by atoms with van der Waals surface area (Å²) in [6.45, 7) is 8.56. The minimum Gasteiger partial charge on any atom is -0.494 e. The SMILES string of the molecule is CCCCCCC1CCC(c2cc(OCCC)ccc2OCC2CCC(C)CC2)CC1. The predicted octanol–water partition coefficient (Wildman–Crippen LogP) is 8.92. The molecule has 0 atom stereocenters. The van der Waals surface area contributed by atoms with Gasteiger partial charge < -0.3 is 9.47 Å². The third kappa shape index (κ3) is 8.03. The lowest BCUT2D eigenvalue weighted by atomic mass is 9.76. The highest BCUT2D eigenvalue weighted by atomic mass is 16.5. The lowest BCUT2D eigenvalue weighted by Crippen LogP contribution is -2.20. The predicted molar refractivity (Wildman–Crippen MR) is 132 cm³/mol. The molecule has 0 unspecified atom stereocenters. The van der Waals surface area contributed by atoms with Crippen molar-refractivity contribution in [3.8, 4) is 11.5 Å². The molecule has 0 N–H and O–H groups in total. The Hall–Kier alpha value is -1.18. The van der Waals surface area contributed by atoms with E-state index < -0.39 is 0 Å². The zero-order chi connectivity index (χ0) is 21.9. The van der Waals surface area contributed by atoms with E-state index >= 15 is 0 Å². The van der Waals surface area contributed by atoms with Crippen molar-refractivity contribution in [3.05, 3.63) is 23.8 Å². The maximum atomic E-state index is 6.49. The molecule has 176 valence electrons. The second kappa shape index (κ2) is 13.4. The highest BCUT2D eigenvalue weighted by Crippen LogP contribution is 2.42. The third-order valence-corrected chi connectivity index (χ3v) is 7.82. The second-order valence-electron chi connectivity index (χ2n) is 10.6. The number of hydrogen-bond donors (Lipinski definition) is 0. The molecule has 0 aromatic heterocycles. The molecule has 31 heavy (non-hydrogen) atoms. The summed E-state index contributed by atoms with van der Waals surface area (Å²) in [4.78, 5) is 0. The molecule has 0 saturated heterocycles. The summed E-state index contributed by atoms with van der Waals surface area (Å²) in [5, 5.41) is 0. The Morgan fingerprint density at radius 1 is 0.774 bits per heavy atom. The minimum atomic E-state index is 0.637. The van der Waals surface area contributed by atoms with Crippen LogP contribution in [0, 0.1) is 17.8 Å². The quantitative estimate of drug-likeness (QED) is 0.309. The van der Waals surface area contributed by atoms with Crippen LogP contribution in [-0.2, 0) is 0 Å². The normalized spacial score (nSPS) is 26.5. The molecule has 0 amide bonds. The summed E-state index contributed by atoms with van der Waals surface area (Å²) >= 11 is 0. The maximum absolute atomic E-state index is 6.49. The van der Waals surface area contributed by atoms with E-state index in [9.17, 15) is 0 Å². The molecule has 3 rings (SSSR count). The average Bonchev–Trinajstić information content (AvgIpc) is 2.81. The summed E-state index contributed by atoms with van der Waals surface area (Å²) in [5.41, 5.74) is 1.42. The van der Waals surface area contributed by atoms with Crippen LogP contribution < -0.4 is 9.47 Å². The van der Waals surface area contributed by atoms with Crippen molar-refractivity contribution in [2.24, 2.45) is 17.8 Å². The van der Waals surface area contributed by atoms with Crippen LogP contribution in [-0.4, -0.2) is 13.2 Å². The minimum absolute atomic E-state index is 0.637. The van der Waals surface area contributed by atoms with Crippen LogP contribution in [0.2, 0.25) is 0 Å². The molecule has 2 saturated carbocycles. The molecule has 2 heteroatoms. The summed E-state index contributed by atoms with van der Waals surface area (Å²) < 4.78 is 12.5. The van der Waals surface area contributed by atoms with Crippen molar-refractivity contribution >= 4 is 0 Å². The topological polar surface area (TPSA) is 18.5 Å². The molecule has 0 radical (unpaired) electrons. The molecular formula is C29H48O2. The van der Waals surface area contributed by atoms with Gasteiger partial charge in [-0.2, -0.15) is 0 Å². The maximum Gasteiger partial charge on any atom is 0.123 e. The monoisotopic (exact) mass is 428 g/mol. The van der Waals surface area contributed by atoms with E-state index in [2.05, 4.69) is 39.0 Å². The van der Waals surface area contributed by atoms with Crippen LogP contribution >= 0.6 is 0 Å². The van der Waals surface area contributed by atoms with Gasteiger partial charge in [-0.25, -0.2) is 0 Å². The fraction of sp³-hybridized carbons (Fsp3) is 0.793. The Balaban J connectivity index is 1.58. The zero-order valence-corrected chi connectivity index (χ0v) is 20.7. The van der Waals surface area contributed by atoms with Gasteiger partial charge in [0.1, 0.15) is 11.5 Å². The van der Waals surface area contributed by atoms with Crippen molar-refractivity contribution in [2.45, 2.75) is 117 Å². The zero-order valence-electron chi connectivity index (χ0n) is 20.7. The van der Waals surface area contributed by atoms with Gasteiger partial charge in [0.2, 0.25) is 0 Å². The molecule has 0 heterocycles. The Labute approximate surface area is 192 Å². The van der Waals surface area contributed by atoms with Gasteiger partial charge in [-0.05, 0) is 86.8 Å². The average molecular weight is 429 g/mol. The fourth-order valence-corrected chi connectivity index (χ4v) is 5.61. The Morgan fingerprint density at radius 2 is 1.52 bits per heavy atom. The first-order valence-electron chi connectivity index (χ1n) is 13.6. The molecule has 0 spiro atoms. The first-order chi connectivity index (χ1) is 15.2. The number of ether oxygens (including phenoxy) is 2. The first-order valence-corrected chi connectivity index (χ1v) is 13.6. The lowest BCUT2D eigenvalue weighted by molar-refractivity contribution is 0.185. The van der Waals surface area contributed by atoms with Crippen LogP contribution in [0.4, 0.5) is 0 Å². The number of benzene rings is 1. The van der Waals surface area contributed by atoms with Crippen molar-refractivity contribution < 1.29 is 9.47 Å². The van der Waals surface area contributed by atoms with Crippen molar-refractivity contribution in [1.29, 1.82) is 0 Å². The van der Waals surface area contributed by atoms with Gasteiger partial charge in [-0.15, -0.1) is 0 Å². The van der Waals surface area contributed by atoms with Crippen molar-refractivity contribution in [3.63, 3.8) is 0 Å². The summed E-state index contributed by atoms with van der Waals surface area (Å²) in [6, 6.07) is 6.62. The van der Waals surface area contributed by atoms with Crippen molar-refractivity contribution in [1.82, 2.24) is 0 Å². The molecule has 1 aromatic rings. The molecule has 2 fully saturated rings. The van der Waals surface area contributed by atoms with Crippen LogP contribution in [0.1, 0.15) is 122 Å². The highest BCUT2D eigenvalue weighted by molar-refractivity contribution is 5.43. The summed E-state index contributed by atoms with van der Waals surface area (Å²) in [6.07, 6.45) is 18.9. The standard InChI is InChI=1S/C29H48O2/c1-4-6-7-8-9-24-14-16-26(17-15-24)28-21-27(30-20-5-2)18-19-29(28)31-22-25-12-10-23(3)11-13-25/h18-19,21,23-26H,4-17,20,22H2,1-3H3.